The van der Waals surface area contributed by atoms with Crippen LogP contribution in [0.25, 0.3) is 11.0 Å². The molecule has 4 heteroatoms. The molecular formula is C12H16N2O2. The highest BCUT2D eigenvalue weighted by molar-refractivity contribution is 5.77. The molecule has 4 nitrogen and oxygen atoms in total. The van der Waals surface area contributed by atoms with Gasteiger partial charge in [0.25, 0.3) is 0 Å². The summed E-state index contributed by atoms with van der Waals surface area (Å²) in [6, 6.07) is 4.09. The quantitative estimate of drug-likeness (QED) is 0.811. The number of fused-ring (bicyclic) bond motifs is 1. The Morgan fingerprint density at radius 2 is 2.00 bits per heavy atom. The van der Waals surface area contributed by atoms with E-state index in [1.165, 1.54) is 11.1 Å². The van der Waals surface area contributed by atoms with Gasteiger partial charge in [-0.15, -0.1) is 0 Å². The summed E-state index contributed by atoms with van der Waals surface area (Å²) in [5.74, 6) is 0. The van der Waals surface area contributed by atoms with Crippen LogP contribution in [-0.4, -0.2) is 32.5 Å². The molecule has 2 aromatic rings. The van der Waals surface area contributed by atoms with Gasteiger partial charge in [0.05, 0.1) is 36.6 Å². The first-order chi connectivity index (χ1) is 7.61. The fraction of sp³-hybridized carbons (Fsp3) is 0.417. The molecule has 0 aliphatic heterocycles. The SMILES string of the molecule is Cc1cc2ncn(CC(O)CO)c2cc1C. The normalized spacial score (nSPS) is 13.2. The van der Waals surface area contributed by atoms with Crippen LogP contribution < -0.4 is 0 Å². The van der Waals surface area contributed by atoms with Gasteiger partial charge < -0.3 is 14.8 Å². The van der Waals surface area contributed by atoms with Crippen molar-refractivity contribution in [2.45, 2.75) is 26.5 Å². The van der Waals surface area contributed by atoms with E-state index in [0.29, 0.717) is 6.54 Å². The van der Waals surface area contributed by atoms with Gasteiger partial charge >= 0.3 is 0 Å². The van der Waals surface area contributed by atoms with Crippen LogP contribution in [0.4, 0.5) is 0 Å². The van der Waals surface area contributed by atoms with Crippen LogP contribution in [0.2, 0.25) is 0 Å². The molecule has 0 aliphatic carbocycles. The first kappa shape index (κ1) is 11.1. The van der Waals surface area contributed by atoms with Crippen LogP contribution in [-0.2, 0) is 6.54 Å². The van der Waals surface area contributed by atoms with Crippen LogP contribution in [0.1, 0.15) is 11.1 Å². The highest BCUT2D eigenvalue weighted by atomic mass is 16.3. The number of rotatable bonds is 3. The number of nitrogens with zero attached hydrogens (tertiary/aromatic N) is 2. The van der Waals surface area contributed by atoms with E-state index in [0.717, 1.165) is 11.0 Å². The molecule has 1 heterocycles. The Morgan fingerprint density at radius 1 is 1.31 bits per heavy atom. The lowest BCUT2D eigenvalue weighted by atomic mass is 10.1. The van der Waals surface area contributed by atoms with E-state index in [-0.39, 0.29) is 6.61 Å². The van der Waals surface area contributed by atoms with E-state index >= 15 is 0 Å². The summed E-state index contributed by atoms with van der Waals surface area (Å²) >= 11 is 0. The summed E-state index contributed by atoms with van der Waals surface area (Å²) in [6.45, 7) is 4.24. The van der Waals surface area contributed by atoms with Crippen molar-refractivity contribution >= 4 is 11.0 Å². The molecule has 86 valence electrons. The van der Waals surface area contributed by atoms with E-state index in [1.54, 1.807) is 6.33 Å². The minimum absolute atomic E-state index is 0.232. The zero-order valence-corrected chi connectivity index (χ0v) is 9.51. The molecule has 0 saturated carbocycles. The van der Waals surface area contributed by atoms with Crippen LogP contribution >= 0.6 is 0 Å². The molecule has 0 spiro atoms. The second-order valence-corrected chi connectivity index (χ2v) is 4.16. The Kier molecular flexibility index (Phi) is 2.94. The fourth-order valence-electron chi connectivity index (χ4n) is 1.74. The maximum Gasteiger partial charge on any atom is 0.0959 e. The number of aryl methyl sites for hydroxylation is 2. The molecule has 0 bridgehead atoms. The highest BCUT2D eigenvalue weighted by Crippen LogP contribution is 2.18. The molecule has 1 aromatic heterocycles. The van der Waals surface area contributed by atoms with E-state index in [1.807, 2.05) is 10.6 Å². The molecule has 0 radical (unpaired) electrons. The Hall–Kier alpha value is -1.39. The Balaban J connectivity index is 2.44. The molecule has 1 atom stereocenters. The summed E-state index contributed by atoms with van der Waals surface area (Å²) in [5, 5.41) is 18.2. The Bertz CT molecular complexity index is 505. The Morgan fingerprint density at radius 3 is 2.69 bits per heavy atom. The number of aromatic nitrogens is 2. The predicted octanol–water partition coefficient (Wildman–Crippen LogP) is 1.01. The molecule has 2 rings (SSSR count). The largest absolute Gasteiger partial charge is 0.394 e. The lowest BCUT2D eigenvalue weighted by molar-refractivity contribution is 0.0821. The van der Waals surface area contributed by atoms with Gasteiger partial charge in [-0.25, -0.2) is 4.98 Å². The second-order valence-electron chi connectivity index (χ2n) is 4.16. The predicted molar refractivity (Wildman–Crippen MR) is 62.3 cm³/mol. The van der Waals surface area contributed by atoms with Gasteiger partial charge in [-0.2, -0.15) is 0 Å². The molecule has 0 saturated heterocycles. The first-order valence-electron chi connectivity index (χ1n) is 5.33. The lowest BCUT2D eigenvalue weighted by Crippen LogP contribution is -2.19. The third-order valence-electron chi connectivity index (χ3n) is 2.85. The summed E-state index contributed by atoms with van der Waals surface area (Å²) in [4.78, 5) is 4.28. The maximum absolute atomic E-state index is 9.41. The van der Waals surface area contributed by atoms with Crippen LogP contribution in [0.15, 0.2) is 18.5 Å². The topological polar surface area (TPSA) is 58.3 Å². The molecular weight excluding hydrogens is 204 g/mol. The van der Waals surface area contributed by atoms with Gasteiger partial charge in [0.1, 0.15) is 0 Å². The average Bonchev–Trinajstić information content (AvgIpc) is 2.62. The molecule has 1 unspecified atom stereocenters. The van der Waals surface area contributed by atoms with Gasteiger partial charge in [0.2, 0.25) is 0 Å². The fourth-order valence-corrected chi connectivity index (χ4v) is 1.74. The summed E-state index contributed by atoms with van der Waals surface area (Å²) in [7, 11) is 0. The van der Waals surface area contributed by atoms with E-state index in [2.05, 4.69) is 24.9 Å². The zero-order valence-electron chi connectivity index (χ0n) is 9.51. The molecule has 1 aromatic carbocycles. The van der Waals surface area contributed by atoms with Crippen molar-refractivity contribution in [2.75, 3.05) is 6.61 Å². The number of benzene rings is 1. The van der Waals surface area contributed by atoms with Gasteiger partial charge in [0.15, 0.2) is 0 Å². The minimum atomic E-state index is -0.737. The van der Waals surface area contributed by atoms with Crippen LogP contribution in [0.3, 0.4) is 0 Å². The third kappa shape index (κ3) is 1.94. The summed E-state index contributed by atoms with van der Waals surface area (Å²) in [5.41, 5.74) is 4.33. The number of aliphatic hydroxyl groups excluding tert-OH is 2. The third-order valence-corrected chi connectivity index (χ3v) is 2.85. The molecule has 16 heavy (non-hydrogen) atoms. The molecule has 0 aliphatic rings. The number of hydrogen-bond acceptors (Lipinski definition) is 3. The van der Waals surface area contributed by atoms with Crippen molar-refractivity contribution in [3.63, 3.8) is 0 Å². The number of hydrogen-bond donors (Lipinski definition) is 2. The molecule has 0 amide bonds. The van der Waals surface area contributed by atoms with Gasteiger partial charge in [-0.3, -0.25) is 0 Å². The maximum atomic E-state index is 9.41. The average molecular weight is 220 g/mol. The van der Waals surface area contributed by atoms with Gasteiger partial charge in [-0.1, -0.05) is 0 Å². The lowest BCUT2D eigenvalue weighted by Gasteiger charge is -2.09. The van der Waals surface area contributed by atoms with Gasteiger partial charge in [0, 0.05) is 0 Å². The monoisotopic (exact) mass is 220 g/mol. The number of imidazole rings is 1. The van der Waals surface area contributed by atoms with Crippen LogP contribution in [0.5, 0.6) is 0 Å². The molecule has 2 N–H and O–H groups in total. The van der Waals surface area contributed by atoms with E-state index in [9.17, 15) is 5.11 Å². The minimum Gasteiger partial charge on any atom is -0.394 e. The number of aliphatic hydroxyl groups is 2. The van der Waals surface area contributed by atoms with E-state index < -0.39 is 6.10 Å². The smallest absolute Gasteiger partial charge is 0.0959 e. The van der Waals surface area contributed by atoms with Crippen molar-refractivity contribution in [1.29, 1.82) is 0 Å². The van der Waals surface area contributed by atoms with Crippen molar-refractivity contribution in [1.82, 2.24) is 9.55 Å². The van der Waals surface area contributed by atoms with Crippen molar-refractivity contribution in [3.8, 4) is 0 Å². The highest BCUT2D eigenvalue weighted by Gasteiger charge is 2.08. The van der Waals surface area contributed by atoms with Crippen molar-refractivity contribution in [3.05, 3.63) is 29.6 Å². The summed E-state index contributed by atoms with van der Waals surface area (Å²) in [6.07, 6.45) is 0.960. The summed E-state index contributed by atoms with van der Waals surface area (Å²) < 4.78 is 1.86. The standard InChI is InChI=1S/C12H16N2O2/c1-8-3-11-12(4-9(8)2)14(7-13-11)5-10(16)6-15/h3-4,7,10,15-16H,5-6H2,1-2H3. The van der Waals surface area contributed by atoms with Crippen molar-refractivity contribution < 1.29 is 10.2 Å². The first-order valence-corrected chi connectivity index (χ1v) is 5.33. The Labute approximate surface area is 94.2 Å². The van der Waals surface area contributed by atoms with Gasteiger partial charge in [-0.05, 0) is 37.1 Å². The zero-order chi connectivity index (χ0) is 11.7. The van der Waals surface area contributed by atoms with E-state index in [4.69, 9.17) is 5.11 Å². The van der Waals surface area contributed by atoms with Crippen molar-refractivity contribution in [2.24, 2.45) is 0 Å². The second kappa shape index (κ2) is 4.23. The van der Waals surface area contributed by atoms with Crippen LogP contribution in [0, 0.1) is 13.8 Å². The molecule has 0 fully saturated rings.